The summed E-state index contributed by atoms with van der Waals surface area (Å²) in [7, 11) is 0. The molecule has 7 nitrogen and oxygen atoms in total. The van der Waals surface area contributed by atoms with Crippen molar-refractivity contribution in [3.05, 3.63) is 93.5 Å². The van der Waals surface area contributed by atoms with Crippen LogP contribution in [0.5, 0.6) is 5.75 Å². The highest BCUT2D eigenvalue weighted by Crippen LogP contribution is 2.21. The second-order valence-electron chi connectivity index (χ2n) is 8.45. The van der Waals surface area contributed by atoms with E-state index in [2.05, 4.69) is 46.8 Å². The zero-order valence-corrected chi connectivity index (χ0v) is 19.6. The SMILES string of the molecule is Cc1cccc(Cn2nc(NC(=O)c3noc(C)c3COc3cc(C)cc(C)c3)cc2C)c1. The van der Waals surface area contributed by atoms with Gasteiger partial charge in [-0.2, -0.15) is 5.10 Å². The van der Waals surface area contributed by atoms with Crippen molar-refractivity contribution in [3.8, 4) is 5.75 Å². The summed E-state index contributed by atoms with van der Waals surface area (Å²) in [5.74, 6) is 1.37. The van der Waals surface area contributed by atoms with Crippen molar-refractivity contribution in [2.75, 3.05) is 5.32 Å². The van der Waals surface area contributed by atoms with Gasteiger partial charge in [0.2, 0.25) is 0 Å². The molecule has 4 rings (SSSR count). The third-order valence-electron chi connectivity index (χ3n) is 5.42. The number of nitrogens with zero attached hydrogens (tertiary/aromatic N) is 3. The first-order valence-electron chi connectivity index (χ1n) is 10.9. The molecule has 0 fully saturated rings. The van der Waals surface area contributed by atoms with Gasteiger partial charge in [0.05, 0.1) is 12.1 Å². The number of aromatic nitrogens is 3. The van der Waals surface area contributed by atoms with E-state index in [1.54, 1.807) is 6.92 Å². The lowest BCUT2D eigenvalue weighted by Crippen LogP contribution is -2.16. The molecule has 2 aromatic carbocycles. The molecule has 0 aliphatic heterocycles. The maximum absolute atomic E-state index is 13.0. The fourth-order valence-corrected chi connectivity index (χ4v) is 3.80. The molecule has 0 bridgehead atoms. The summed E-state index contributed by atoms with van der Waals surface area (Å²) in [6, 6.07) is 16.1. The van der Waals surface area contributed by atoms with E-state index in [1.165, 1.54) is 5.56 Å². The number of benzene rings is 2. The van der Waals surface area contributed by atoms with Crippen LogP contribution in [0.15, 0.2) is 53.1 Å². The van der Waals surface area contributed by atoms with Gasteiger partial charge in [-0.3, -0.25) is 9.48 Å². The zero-order valence-electron chi connectivity index (χ0n) is 19.6. The lowest BCUT2D eigenvalue weighted by Gasteiger charge is -2.08. The molecule has 1 amide bonds. The molecule has 33 heavy (non-hydrogen) atoms. The number of ether oxygens (including phenoxy) is 1. The largest absolute Gasteiger partial charge is 0.489 e. The van der Waals surface area contributed by atoms with E-state index < -0.39 is 0 Å². The summed E-state index contributed by atoms with van der Waals surface area (Å²) >= 11 is 0. The van der Waals surface area contributed by atoms with Gasteiger partial charge < -0.3 is 14.6 Å². The molecule has 1 N–H and O–H groups in total. The van der Waals surface area contributed by atoms with Crippen molar-refractivity contribution >= 4 is 11.7 Å². The molecule has 2 aromatic heterocycles. The Morgan fingerprint density at radius 1 is 1.00 bits per heavy atom. The predicted molar refractivity (Wildman–Crippen MR) is 127 cm³/mol. The standard InChI is InChI=1S/C26H28N4O3/c1-16-7-6-8-21(10-16)14-30-19(4)13-24(28-30)27-26(31)25-23(20(5)33-29-25)15-32-22-11-17(2)9-18(3)12-22/h6-13H,14-15H2,1-5H3,(H,27,28,31). The van der Waals surface area contributed by atoms with Crippen LogP contribution >= 0.6 is 0 Å². The first kappa shape index (κ1) is 22.3. The van der Waals surface area contributed by atoms with E-state index in [0.29, 0.717) is 23.7 Å². The van der Waals surface area contributed by atoms with Crippen LogP contribution in [0.4, 0.5) is 5.82 Å². The molecular formula is C26H28N4O3. The summed E-state index contributed by atoms with van der Waals surface area (Å²) in [4.78, 5) is 13.0. The number of hydrogen-bond donors (Lipinski definition) is 1. The second-order valence-corrected chi connectivity index (χ2v) is 8.45. The number of carbonyl (C=O) groups is 1. The van der Waals surface area contributed by atoms with Crippen molar-refractivity contribution in [1.82, 2.24) is 14.9 Å². The third-order valence-corrected chi connectivity index (χ3v) is 5.42. The average molecular weight is 445 g/mol. The molecule has 0 atom stereocenters. The molecule has 0 unspecified atom stereocenters. The Hall–Kier alpha value is -3.87. The summed E-state index contributed by atoms with van der Waals surface area (Å²) < 4.78 is 13.1. The monoisotopic (exact) mass is 444 g/mol. The molecule has 0 radical (unpaired) electrons. The molecular weight excluding hydrogens is 416 g/mol. The van der Waals surface area contributed by atoms with Crippen molar-refractivity contribution in [2.45, 2.75) is 47.8 Å². The maximum atomic E-state index is 13.0. The maximum Gasteiger partial charge on any atom is 0.279 e. The van der Waals surface area contributed by atoms with Gasteiger partial charge in [0.25, 0.3) is 5.91 Å². The highest BCUT2D eigenvalue weighted by atomic mass is 16.5. The van der Waals surface area contributed by atoms with Crippen molar-refractivity contribution in [1.29, 1.82) is 0 Å². The Balaban J connectivity index is 1.47. The Morgan fingerprint density at radius 2 is 1.76 bits per heavy atom. The lowest BCUT2D eigenvalue weighted by atomic mass is 10.1. The normalized spacial score (nSPS) is 10.9. The van der Waals surface area contributed by atoms with Crippen LogP contribution < -0.4 is 10.1 Å². The van der Waals surface area contributed by atoms with E-state index in [-0.39, 0.29) is 18.2 Å². The van der Waals surface area contributed by atoms with Crippen molar-refractivity contribution in [2.24, 2.45) is 0 Å². The average Bonchev–Trinajstić information content (AvgIpc) is 3.27. The van der Waals surface area contributed by atoms with Gasteiger partial charge in [-0.25, -0.2) is 0 Å². The summed E-state index contributed by atoms with van der Waals surface area (Å²) in [5.41, 5.74) is 6.33. The molecule has 0 saturated carbocycles. The molecule has 0 spiro atoms. The zero-order chi connectivity index (χ0) is 23.5. The highest BCUT2D eigenvalue weighted by Gasteiger charge is 2.21. The number of aryl methyl sites for hydroxylation is 5. The van der Waals surface area contributed by atoms with E-state index >= 15 is 0 Å². The molecule has 2 heterocycles. The van der Waals surface area contributed by atoms with E-state index in [4.69, 9.17) is 9.26 Å². The first-order chi connectivity index (χ1) is 15.8. The minimum atomic E-state index is -0.383. The van der Waals surface area contributed by atoms with Crippen LogP contribution in [0.3, 0.4) is 0 Å². The number of anilines is 1. The molecule has 4 aromatic rings. The minimum absolute atomic E-state index is 0.182. The second kappa shape index (κ2) is 9.32. The van der Waals surface area contributed by atoms with Crippen LogP contribution in [-0.2, 0) is 13.2 Å². The Labute approximate surface area is 193 Å². The van der Waals surface area contributed by atoms with Crippen LogP contribution in [0.2, 0.25) is 0 Å². The van der Waals surface area contributed by atoms with Crippen LogP contribution in [0.1, 0.15) is 49.8 Å². The van der Waals surface area contributed by atoms with E-state index in [1.807, 2.05) is 49.7 Å². The molecule has 7 heteroatoms. The van der Waals surface area contributed by atoms with Gasteiger partial charge in [0, 0.05) is 11.8 Å². The number of amides is 1. The van der Waals surface area contributed by atoms with Gasteiger partial charge in [-0.1, -0.05) is 41.1 Å². The van der Waals surface area contributed by atoms with Gasteiger partial charge >= 0.3 is 0 Å². The quantitative estimate of drug-likeness (QED) is 0.419. The topological polar surface area (TPSA) is 82.2 Å². The van der Waals surface area contributed by atoms with Crippen molar-refractivity contribution < 1.29 is 14.1 Å². The number of nitrogens with one attached hydrogen (secondary N) is 1. The van der Waals surface area contributed by atoms with Crippen molar-refractivity contribution in [3.63, 3.8) is 0 Å². The number of hydrogen-bond acceptors (Lipinski definition) is 5. The Bertz CT molecular complexity index is 1280. The van der Waals surface area contributed by atoms with Crippen LogP contribution in [0.25, 0.3) is 0 Å². The van der Waals surface area contributed by atoms with Gasteiger partial charge in [0.1, 0.15) is 18.1 Å². The highest BCUT2D eigenvalue weighted by molar-refractivity contribution is 6.03. The van der Waals surface area contributed by atoms with Gasteiger partial charge in [-0.05, 0) is 63.4 Å². The van der Waals surface area contributed by atoms with Gasteiger partial charge in [0.15, 0.2) is 11.5 Å². The first-order valence-corrected chi connectivity index (χ1v) is 10.9. The smallest absolute Gasteiger partial charge is 0.279 e. The molecule has 170 valence electrons. The number of carbonyl (C=O) groups excluding carboxylic acids is 1. The van der Waals surface area contributed by atoms with E-state index in [9.17, 15) is 4.79 Å². The Kier molecular flexibility index (Phi) is 6.31. The molecule has 0 aliphatic rings. The third kappa shape index (κ3) is 5.31. The summed E-state index contributed by atoms with van der Waals surface area (Å²) in [5, 5.41) is 11.3. The summed E-state index contributed by atoms with van der Waals surface area (Å²) in [6.07, 6.45) is 0. The van der Waals surface area contributed by atoms with Crippen LogP contribution in [0, 0.1) is 34.6 Å². The predicted octanol–water partition coefficient (Wildman–Crippen LogP) is 5.29. The molecule has 0 saturated heterocycles. The summed E-state index contributed by atoms with van der Waals surface area (Å²) in [6.45, 7) is 10.6. The Morgan fingerprint density at radius 3 is 2.48 bits per heavy atom. The fraction of sp³-hybridized carbons (Fsp3) is 0.269. The minimum Gasteiger partial charge on any atom is -0.489 e. The fourth-order valence-electron chi connectivity index (χ4n) is 3.80. The number of rotatable bonds is 7. The lowest BCUT2D eigenvalue weighted by molar-refractivity contribution is 0.101. The molecule has 0 aliphatic carbocycles. The van der Waals surface area contributed by atoms with Gasteiger partial charge in [-0.15, -0.1) is 0 Å². The van der Waals surface area contributed by atoms with Crippen LogP contribution in [-0.4, -0.2) is 20.8 Å². The van der Waals surface area contributed by atoms with E-state index in [0.717, 1.165) is 28.1 Å².